The van der Waals surface area contributed by atoms with E-state index in [2.05, 4.69) is 15.9 Å². The van der Waals surface area contributed by atoms with Crippen LogP contribution in [0.1, 0.15) is 22.3 Å². The SMILES string of the molecule is Cc1cc(Br)cc(C(=O)N2CC[C@H](O)C2)c1. The fraction of sp³-hybridized carbons (Fsp3) is 0.417. The van der Waals surface area contributed by atoms with E-state index in [9.17, 15) is 9.90 Å². The molecule has 1 N–H and O–H groups in total. The highest BCUT2D eigenvalue weighted by Gasteiger charge is 2.25. The number of hydrogen-bond donors (Lipinski definition) is 1. The van der Waals surface area contributed by atoms with Gasteiger partial charge in [0.1, 0.15) is 0 Å². The van der Waals surface area contributed by atoms with Crippen molar-refractivity contribution in [3.8, 4) is 0 Å². The van der Waals surface area contributed by atoms with E-state index in [1.54, 1.807) is 4.90 Å². The lowest BCUT2D eigenvalue weighted by atomic mass is 10.1. The summed E-state index contributed by atoms with van der Waals surface area (Å²) in [5.74, 6) is 0.000880. The predicted octanol–water partition coefficient (Wildman–Crippen LogP) is 1.96. The van der Waals surface area contributed by atoms with Crippen LogP contribution in [0.15, 0.2) is 22.7 Å². The van der Waals surface area contributed by atoms with Crippen molar-refractivity contribution in [1.29, 1.82) is 0 Å². The molecule has 1 atom stereocenters. The van der Waals surface area contributed by atoms with Crippen LogP contribution >= 0.6 is 15.9 Å². The molecule has 0 bridgehead atoms. The van der Waals surface area contributed by atoms with Gasteiger partial charge in [-0.15, -0.1) is 0 Å². The van der Waals surface area contributed by atoms with Crippen molar-refractivity contribution in [2.45, 2.75) is 19.4 Å². The highest BCUT2D eigenvalue weighted by atomic mass is 79.9. The number of aliphatic hydroxyl groups is 1. The summed E-state index contributed by atoms with van der Waals surface area (Å²) in [5.41, 5.74) is 1.73. The quantitative estimate of drug-likeness (QED) is 0.856. The number of hydrogen-bond acceptors (Lipinski definition) is 2. The van der Waals surface area contributed by atoms with Crippen molar-refractivity contribution in [2.75, 3.05) is 13.1 Å². The summed E-state index contributed by atoms with van der Waals surface area (Å²) in [7, 11) is 0. The van der Waals surface area contributed by atoms with E-state index in [1.165, 1.54) is 0 Å². The zero-order valence-electron chi connectivity index (χ0n) is 9.11. The first kappa shape index (κ1) is 11.6. The molecule has 1 fully saturated rings. The average molecular weight is 284 g/mol. The van der Waals surface area contributed by atoms with Crippen LogP contribution < -0.4 is 0 Å². The predicted molar refractivity (Wildman–Crippen MR) is 65.4 cm³/mol. The Morgan fingerprint density at radius 3 is 2.81 bits per heavy atom. The van der Waals surface area contributed by atoms with Crippen LogP contribution in [0.4, 0.5) is 0 Å². The van der Waals surface area contributed by atoms with Gasteiger partial charge in [-0.3, -0.25) is 4.79 Å². The zero-order chi connectivity index (χ0) is 11.7. The lowest BCUT2D eigenvalue weighted by molar-refractivity contribution is 0.0765. The number of likely N-dealkylation sites (tertiary alicyclic amines) is 1. The molecular formula is C12H14BrNO2. The van der Waals surface area contributed by atoms with Gasteiger partial charge in [-0.25, -0.2) is 0 Å². The minimum atomic E-state index is -0.364. The topological polar surface area (TPSA) is 40.5 Å². The van der Waals surface area contributed by atoms with Crippen LogP contribution in [-0.2, 0) is 0 Å². The molecule has 0 spiro atoms. The van der Waals surface area contributed by atoms with Crippen molar-refractivity contribution < 1.29 is 9.90 Å². The number of aliphatic hydroxyl groups excluding tert-OH is 1. The lowest BCUT2D eigenvalue weighted by Crippen LogP contribution is -2.29. The molecule has 86 valence electrons. The molecule has 0 radical (unpaired) electrons. The van der Waals surface area contributed by atoms with Gasteiger partial charge in [0.25, 0.3) is 5.91 Å². The van der Waals surface area contributed by atoms with Gasteiger partial charge >= 0.3 is 0 Å². The molecule has 2 rings (SSSR count). The third-order valence-electron chi connectivity index (χ3n) is 2.74. The molecule has 1 amide bonds. The molecule has 1 saturated heterocycles. The van der Waals surface area contributed by atoms with E-state index < -0.39 is 0 Å². The summed E-state index contributed by atoms with van der Waals surface area (Å²) >= 11 is 3.38. The fourth-order valence-electron chi connectivity index (χ4n) is 1.97. The molecule has 1 aromatic rings. The first-order valence-electron chi connectivity index (χ1n) is 5.31. The Kier molecular flexibility index (Phi) is 3.30. The smallest absolute Gasteiger partial charge is 0.253 e. The van der Waals surface area contributed by atoms with Crippen molar-refractivity contribution >= 4 is 21.8 Å². The summed E-state index contributed by atoms with van der Waals surface area (Å²) in [5, 5.41) is 9.40. The second-order valence-electron chi connectivity index (χ2n) is 4.21. The van der Waals surface area contributed by atoms with E-state index in [1.807, 2.05) is 25.1 Å². The van der Waals surface area contributed by atoms with Gasteiger partial charge in [-0.2, -0.15) is 0 Å². The minimum absolute atomic E-state index is 0.000880. The number of amides is 1. The first-order chi connectivity index (χ1) is 7.56. The molecule has 16 heavy (non-hydrogen) atoms. The summed E-state index contributed by atoms with van der Waals surface area (Å²) in [4.78, 5) is 13.8. The Morgan fingerprint density at radius 1 is 1.50 bits per heavy atom. The molecule has 1 heterocycles. The Balaban J connectivity index is 2.20. The van der Waals surface area contributed by atoms with E-state index in [0.717, 1.165) is 10.0 Å². The van der Waals surface area contributed by atoms with E-state index in [0.29, 0.717) is 25.1 Å². The van der Waals surface area contributed by atoms with Gasteiger partial charge in [0.05, 0.1) is 6.10 Å². The Morgan fingerprint density at radius 2 is 2.25 bits per heavy atom. The summed E-state index contributed by atoms with van der Waals surface area (Å²) in [6, 6.07) is 5.66. The van der Waals surface area contributed by atoms with Crippen LogP contribution in [0.3, 0.4) is 0 Å². The monoisotopic (exact) mass is 283 g/mol. The molecule has 0 aromatic heterocycles. The third-order valence-corrected chi connectivity index (χ3v) is 3.20. The normalized spacial score (nSPS) is 20.2. The Bertz CT molecular complexity index is 399. The molecular weight excluding hydrogens is 270 g/mol. The number of β-amino-alcohol motifs (C(OH)–C–C–N with tert-alkyl or cyclic N) is 1. The minimum Gasteiger partial charge on any atom is -0.391 e. The van der Waals surface area contributed by atoms with Gasteiger partial charge in [0.15, 0.2) is 0 Å². The number of halogens is 1. The van der Waals surface area contributed by atoms with Gasteiger partial charge in [0, 0.05) is 23.1 Å². The van der Waals surface area contributed by atoms with Crippen LogP contribution in [0, 0.1) is 6.92 Å². The van der Waals surface area contributed by atoms with Crippen LogP contribution in [0.2, 0.25) is 0 Å². The summed E-state index contributed by atoms with van der Waals surface area (Å²) in [6.07, 6.45) is 0.316. The maximum absolute atomic E-state index is 12.1. The van der Waals surface area contributed by atoms with Gasteiger partial charge < -0.3 is 10.0 Å². The van der Waals surface area contributed by atoms with Crippen molar-refractivity contribution in [3.05, 3.63) is 33.8 Å². The standard InChI is InChI=1S/C12H14BrNO2/c1-8-4-9(6-10(13)5-8)12(16)14-3-2-11(15)7-14/h4-6,11,15H,2-3,7H2,1H3/t11-/m0/s1. The number of carbonyl (C=O) groups is 1. The molecule has 3 nitrogen and oxygen atoms in total. The molecule has 1 aliphatic heterocycles. The number of nitrogens with zero attached hydrogens (tertiary/aromatic N) is 1. The second kappa shape index (κ2) is 4.55. The van der Waals surface area contributed by atoms with Crippen LogP contribution in [0.25, 0.3) is 0 Å². The average Bonchev–Trinajstić information content (AvgIpc) is 2.62. The number of carbonyl (C=O) groups excluding carboxylic acids is 1. The first-order valence-corrected chi connectivity index (χ1v) is 6.10. The highest BCUT2D eigenvalue weighted by molar-refractivity contribution is 9.10. The van der Waals surface area contributed by atoms with Crippen molar-refractivity contribution in [2.24, 2.45) is 0 Å². The maximum atomic E-state index is 12.1. The number of rotatable bonds is 1. The number of benzene rings is 1. The van der Waals surface area contributed by atoms with Crippen molar-refractivity contribution in [3.63, 3.8) is 0 Å². The fourth-order valence-corrected chi connectivity index (χ4v) is 2.58. The molecule has 1 aliphatic rings. The van der Waals surface area contributed by atoms with Crippen LogP contribution in [0.5, 0.6) is 0 Å². The maximum Gasteiger partial charge on any atom is 0.253 e. The summed E-state index contributed by atoms with van der Waals surface area (Å²) < 4.78 is 0.913. The van der Waals surface area contributed by atoms with Gasteiger partial charge in [0.2, 0.25) is 0 Å². The van der Waals surface area contributed by atoms with Crippen LogP contribution in [-0.4, -0.2) is 35.1 Å². The Hall–Kier alpha value is -0.870. The summed E-state index contributed by atoms with van der Waals surface area (Å²) in [6.45, 7) is 3.05. The van der Waals surface area contributed by atoms with Gasteiger partial charge in [-0.1, -0.05) is 15.9 Å². The molecule has 4 heteroatoms. The lowest BCUT2D eigenvalue weighted by Gasteiger charge is -2.16. The van der Waals surface area contributed by atoms with Gasteiger partial charge in [-0.05, 0) is 37.1 Å². The molecule has 0 unspecified atom stereocenters. The molecule has 0 aliphatic carbocycles. The largest absolute Gasteiger partial charge is 0.391 e. The molecule has 0 saturated carbocycles. The third kappa shape index (κ3) is 2.44. The highest BCUT2D eigenvalue weighted by Crippen LogP contribution is 2.19. The van der Waals surface area contributed by atoms with E-state index >= 15 is 0 Å². The second-order valence-corrected chi connectivity index (χ2v) is 5.13. The van der Waals surface area contributed by atoms with Crippen molar-refractivity contribution in [1.82, 2.24) is 4.90 Å². The zero-order valence-corrected chi connectivity index (χ0v) is 10.7. The number of aryl methyl sites for hydroxylation is 1. The van der Waals surface area contributed by atoms with E-state index in [4.69, 9.17) is 0 Å². The van der Waals surface area contributed by atoms with E-state index in [-0.39, 0.29) is 12.0 Å². The molecule has 1 aromatic carbocycles. The Labute approximate surface area is 103 Å².